The quantitative estimate of drug-likeness (QED) is 0.843. The zero-order chi connectivity index (χ0) is 16.6. The van der Waals surface area contributed by atoms with Crippen LogP contribution in [0.25, 0.3) is 0 Å². The minimum absolute atomic E-state index is 0.160. The van der Waals surface area contributed by atoms with Crippen LogP contribution in [0, 0.1) is 11.3 Å². The topological polar surface area (TPSA) is 67.2 Å². The average molecular weight is 332 g/mol. The van der Waals surface area contributed by atoms with Crippen molar-refractivity contribution in [2.75, 3.05) is 31.1 Å². The van der Waals surface area contributed by atoms with Gasteiger partial charge in [0, 0.05) is 39.6 Å². The van der Waals surface area contributed by atoms with Crippen molar-refractivity contribution in [2.45, 2.75) is 58.4 Å². The van der Waals surface area contributed by atoms with Crippen molar-refractivity contribution in [1.29, 1.82) is 0 Å². The molecule has 7 nitrogen and oxygen atoms in total. The van der Waals surface area contributed by atoms with E-state index in [0.29, 0.717) is 5.92 Å². The smallest absolute Gasteiger partial charge is 0.245 e. The lowest BCUT2D eigenvalue weighted by atomic mass is 9.80. The highest BCUT2D eigenvalue weighted by Gasteiger charge is 2.44. The third-order valence-electron chi connectivity index (χ3n) is 6.29. The molecule has 1 amide bonds. The van der Waals surface area contributed by atoms with Crippen LogP contribution < -0.4 is 4.90 Å². The number of carbonyl (C=O) groups excluding carboxylic acids is 1. The first kappa shape index (κ1) is 15.8. The monoisotopic (exact) mass is 332 g/mol. The molecule has 3 aliphatic rings. The lowest BCUT2D eigenvalue weighted by molar-refractivity contribution is -0.128. The van der Waals surface area contributed by atoms with Gasteiger partial charge in [-0.1, -0.05) is 5.10 Å². The number of hydrogen-bond acceptors (Lipinski definition) is 5. The highest BCUT2D eigenvalue weighted by molar-refractivity contribution is 5.73. The Morgan fingerprint density at radius 3 is 2.62 bits per heavy atom. The van der Waals surface area contributed by atoms with Crippen molar-refractivity contribution in [3.05, 3.63) is 0 Å². The van der Waals surface area contributed by atoms with Crippen LogP contribution in [-0.4, -0.2) is 57.2 Å². The lowest BCUT2D eigenvalue weighted by Gasteiger charge is -2.29. The van der Waals surface area contributed by atoms with E-state index in [4.69, 9.17) is 0 Å². The summed E-state index contributed by atoms with van der Waals surface area (Å²) in [7, 11) is 0. The van der Waals surface area contributed by atoms with E-state index in [1.54, 1.807) is 6.92 Å². The van der Waals surface area contributed by atoms with Crippen molar-refractivity contribution in [3.8, 4) is 0 Å². The van der Waals surface area contributed by atoms with Gasteiger partial charge in [0.15, 0.2) is 0 Å². The van der Waals surface area contributed by atoms with Crippen LogP contribution in [0.2, 0.25) is 0 Å². The van der Waals surface area contributed by atoms with Gasteiger partial charge in [0.2, 0.25) is 11.9 Å². The molecule has 132 valence electrons. The van der Waals surface area contributed by atoms with E-state index < -0.39 is 0 Å². The molecule has 2 heterocycles. The van der Waals surface area contributed by atoms with E-state index in [9.17, 15) is 4.79 Å². The van der Waals surface area contributed by atoms with Gasteiger partial charge < -0.3 is 9.80 Å². The number of hydrogen-bond donors (Lipinski definition) is 0. The molecule has 0 N–H and O–H groups in total. The van der Waals surface area contributed by atoms with Gasteiger partial charge in [-0.25, -0.2) is 4.68 Å². The van der Waals surface area contributed by atoms with Crippen LogP contribution in [0.15, 0.2) is 0 Å². The number of rotatable bonds is 3. The minimum atomic E-state index is 0.160. The summed E-state index contributed by atoms with van der Waals surface area (Å²) in [6, 6.07) is 0. The lowest BCUT2D eigenvalue weighted by Crippen LogP contribution is -2.35. The molecule has 0 aromatic carbocycles. The van der Waals surface area contributed by atoms with Crippen molar-refractivity contribution in [2.24, 2.45) is 11.3 Å². The summed E-state index contributed by atoms with van der Waals surface area (Å²) in [5.41, 5.74) is 0.737. The first-order valence-electron chi connectivity index (χ1n) is 9.42. The molecule has 1 aromatic heterocycles. The number of carbonyl (C=O) groups is 1. The maximum absolute atomic E-state index is 11.6. The zero-order valence-electron chi connectivity index (χ0n) is 14.7. The summed E-state index contributed by atoms with van der Waals surface area (Å²) < 4.78 is 2.00. The fourth-order valence-electron chi connectivity index (χ4n) is 4.37. The number of anilines is 1. The van der Waals surface area contributed by atoms with Gasteiger partial charge in [-0.15, -0.1) is 0 Å². The largest absolute Gasteiger partial charge is 0.341 e. The first-order chi connectivity index (χ1) is 11.7. The summed E-state index contributed by atoms with van der Waals surface area (Å²) in [6.07, 6.45) is 9.30. The maximum Gasteiger partial charge on any atom is 0.245 e. The van der Waals surface area contributed by atoms with Gasteiger partial charge in [0.25, 0.3) is 0 Å². The second-order valence-corrected chi connectivity index (χ2v) is 7.95. The Kier molecular flexibility index (Phi) is 4.18. The standard InChI is InChI=1S/C17H28N6O/c1-14(24)21-9-2-10-22(12-11-21)16-18-19-20-23(16)13-15-3-5-17(6-4-15)7-8-17/h15H,2-13H2,1H3. The molecule has 24 heavy (non-hydrogen) atoms. The highest BCUT2D eigenvalue weighted by Crippen LogP contribution is 2.57. The van der Waals surface area contributed by atoms with E-state index in [-0.39, 0.29) is 5.91 Å². The first-order valence-corrected chi connectivity index (χ1v) is 9.42. The Morgan fingerprint density at radius 1 is 1.12 bits per heavy atom. The third kappa shape index (κ3) is 3.26. The van der Waals surface area contributed by atoms with Gasteiger partial charge in [-0.2, -0.15) is 0 Å². The molecule has 7 heteroatoms. The summed E-state index contributed by atoms with van der Waals surface area (Å²) in [4.78, 5) is 15.8. The highest BCUT2D eigenvalue weighted by atomic mass is 16.2. The number of amides is 1. The fraction of sp³-hybridized carbons (Fsp3) is 0.882. The number of aromatic nitrogens is 4. The Balaban J connectivity index is 1.38. The molecule has 1 aliphatic heterocycles. The normalized spacial score (nSPS) is 24.2. The van der Waals surface area contributed by atoms with Crippen molar-refractivity contribution in [3.63, 3.8) is 0 Å². The van der Waals surface area contributed by atoms with Gasteiger partial charge in [0.05, 0.1) is 0 Å². The molecule has 0 unspecified atom stereocenters. The van der Waals surface area contributed by atoms with Crippen LogP contribution in [0.3, 0.4) is 0 Å². The minimum Gasteiger partial charge on any atom is -0.341 e. The van der Waals surface area contributed by atoms with Gasteiger partial charge in [-0.05, 0) is 66.7 Å². The molecule has 1 spiro atoms. The van der Waals surface area contributed by atoms with Crippen LogP contribution in [0.1, 0.15) is 51.9 Å². The van der Waals surface area contributed by atoms with Crippen LogP contribution in [-0.2, 0) is 11.3 Å². The Labute approximate surface area is 143 Å². The van der Waals surface area contributed by atoms with Gasteiger partial charge >= 0.3 is 0 Å². The predicted octanol–water partition coefficient (Wildman–Crippen LogP) is 1.70. The van der Waals surface area contributed by atoms with Crippen LogP contribution in [0.5, 0.6) is 0 Å². The molecule has 2 aliphatic carbocycles. The molecule has 0 radical (unpaired) electrons. The zero-order valence-corrected chi connectivity index (χ0v) is 14.7. The van der Waals surface area contributed by atoms with Gasteiger partial charge in [0.1, 0.15) is 0 Å². The van der Waals surface area contributed by atoms with E-state index in [1.165, 1.54) is 38.5 Å². The van der Waals surface area contributed by atoms with E-state index in [1.807, 2.05) is 9.58 Å². The van der Waals surface area contributed by atoms with E-state index in [2.05, 4.69) is 20.4 Å². The van der Waals surface area contributed by atoms with E-state index >= 15 is 0 Å². The van der Waals surface area contributed by atoms with Gasteiger partial charge in [-0.3, -0.25) is 4.79 Å². The number of tetrazole rings is 1. The van der Waals surface area contributed by atoms with E-state index in [0.717, 1.165) is 50.5 Å². The molecular formula is C17H28N6O. The molecule has 1 saturated heterocycles. The molecule has 3 fully saturated rings. The van der Waals surface area contributed by atoms with Crippen molar-refractivity contribution < 1.29 is 4.79 Å². The molecule has 1 aromatic rings. The molecule has 2 saturated carbocycles. The fourth-order valence-corrected chi connectivity index (χ4v) is 4.37. The molecule has 0 atom stereocenters. The SMILES string of the molecule is CC(=O)N1CCCN(c2nnnn2CC2CCC3(CC2)CC3)CC1. The van der Waals surface area contributed by atoms with Crippen LogP contribution >= 0.6 is 0 Å². The average Bonchev–Trinajstić information content (AvgIpc) is 3.26. The summed E-state index contributed by atoms with van der Waals surface area (Å²) in [5.74, 6) is 1.75. The second-order valence-electron chi connectivity index (χ2n) is 7.95. The van der Waals surface area contributed by atoms with Crippen molar-refractivity contribution >= 4 is 11.9 Å². The number of nitrogens with zero attached hydrogens (tertiary/aromatic N) is 6. The molecule has 0 bridgehead atoms. The predicted molar refractivity (Wildman–Crippen MR) is 90.5 cm³/mol. The third-order valence-corrected chi connectivity index (χ3v) is 6.29. The van der Waals surface area contributed by atoms with Crippen molar-refractivity contribution in [1.82, 2.24) is 25.1 Å². The summed E-state index contributed by atoms with van der Waals surface area (Å²) >= 11 is 0. The Morgan fingerprint density at radius 2 is 1.92 bits per heavy atom. The maximum atomic E-state index is 11.6. The summed E-state index contributed by atoms with van der Waals surface area (Å²) in [6.45, 7) is 5.90. The Bertz CT molecular complexity index is 586. The molecular weight excluding hydrogens is 304 g/mol. The summed E-state index contributed by atoms with van der Waals surface area (Å²) in [5, 5.41) is 12.5. The Hall–Kier alpha value is -1.66. The molecule has 4 rings (SSSR count). The van der Waals surface area contributed by atoms with Crippen LogP contribution in [0.4, 0.5) is 5.95 Å². The second kappa shape index (κ2) is 6.33.